The molecule has 2 nitrogen and oxygen atoms in total. The van der Waals surface area contributed by atoms with Crippen LogP contribution in [0.2, 0.25) is 5.02 Å². The van der Waals surface area contributed by atoms with Crippen LogP contribution in [0.5, 0.6) is 0 Å². The fourth-order valence-electron chi connectivity index (χ4n) is 2.97. The first-order valence-corrected chi connectivity index (χ1v) is 7.88. The Balaban J connectivity index is 0.000000704. The Labute approximate surface area is 126 Å². The number of hydrogen-bond acceptors (Lipinski definition) is 1. The highest BCUT2D eigenvalue weighted by atomic mass is 35.5. The van der Waals surface area contributed by atoms with Crippen molar-refractivity contribution in [1.29, 1.82) is 0 Å². The number of rotatable bonds is 1. The zero-order chi connectivity index (χ0) is 14.6. The molecule has 1 heterocycles. The normalized spacial score (nSPS) is 19.9. The van der Waals surface area contributed by atoms with E-state index < -0.39 is 0 Å². The van der Waals surface area contributed by atoms with Crippen molar-refractivity contribution in [3.8, 4) is 0 Å². The summed E-state index contributed by atoms with van der Waals surface area (Å²) in [5.74, 6) is 0.0548. The number of halogens is 1. The summed E-state index contributed by atoms with van der Waals surface area (Å²) in [5.41, 5.74) is 1.68. The molecule has 3 rings (SSSR count). The Morgan fingerprint density at radius 3 is 2.25 bits per heavy atom. The second-order valence-electron chi connectivity index (χ2n) is 5.24. The average Bonchev–Trinajstić information content (AvgIpc) is 2.79. The molecule has 2 aliphatic rings. The predicted molar refractivity (Wildman–Crippen MR) is 84.7 cm³/mol. The van der Waals surface area contributed by atoms with Gasteiger partial charge in [-0.15, -0.1) is 0 Å². The largest absolute Gasteiger partial charge is 0.343 e. The van der Waals surface area contributed by atoms with E-state index in [0.717, 1.165) is 24.0 Å². The van der Waals surface area contributed by atoms with Crippen molar-refractivity contribution in [3.63, 3.8) is 0 Å². The standard InChI is InChI=1S/C15H16ClNO.C2H6/c16-12-6-4-11(5-7-12)13-10-15(17-14(13)18)8-2-1-3-9-15;1-2/h4-7,10H,1-3,8-9H2,(H,17,18);1-2H3. The summed E-state index contributed by atoms with van der Waals surface area (Å²) in [6.45, 7) is 4.00. The van der Waals surface area contributed by atoms with Gasteiger partial charge in [0.05, 0.1) is 5.54 Å². The molecule has 3 heteroatoms. The summed E-state index contributed by atoms with van der Waals surface area (Å²) in [5, 5.41) is 3.87. The molecule has 1 spiro atoms. The number of amides is 1. The lowest BCUT2D eigenvalue weighted by Gasteiger charge is -2.31. The molecule has 1 aliphatic heterocycles. The highest BCUT2D eigenvalue weighted by Gasteiger charge is 2.38. The quantitative estimate of drug-likeness (QED) is 0.806. The summed E-state index contributed by atoms with van der Waals surface area (Å²) in [6, 6.07) is 7.49. The molecule has 0 aromatic heterocycles. The van der Waals surface area contributed by atoms with Crippen LogP contribution in [-0.4, -0.2) is 11.4 Å². The van der Waals surface area contributed by atoms with Crippen LogP contribution in [0.3, 0.4) is 0 Å². The second kappa shape index (κ2) is 6.45. The molecule has 1 aromatic carbocycles. The summed E-state index contributed by atoms with van der Waals surface area (Å²) < 4.78 is 0. The third-order valence-corrected chi connectivity index (χ3v) is 4.18. The van der Waals surface area contributed by atoms with Gasteiger partial charge in [0.15, 0.2) is 0 Å². The summed E-state index contributed by atoms with van der Waals surface area (Å²) in [6.07, 6.45) is 7.94. The molecule has 1 amide bonds. The van der Waals surface area contributed by atoms with Crippen molar-refractivity contribution in [2.24, 2.45) is 0 Å². The summed E-state index contributed by atoms with van der Waals surface area (Å²) in [4.78, 5) is 12.1. The lowest BCUT2D eigenvalue weighted by atomic mass is 9.82. The van der Waals surface area contributed by atoms with Crippen molar-refractivity contribution >= 4 is 23.1 Å². The molecule has 108 valence electrons. The van der Waals surface area contributed by atoms with E-state index in [-0.39, 0.29) is 11.4 Å². The summed E-state index contributed by atoms with van der Waals surface area (Å²) >= 11 is 5.88. The van der Waals surface area contributed by atoms with E-state index in [1.54, 1.807) is 0 Å². The molecular formula is C17H22ClNO. The van der Waals surface area contributed by atoms with Gasteiger partial charge < -0.3 is 5.32 Å². The highest BCUT2D eigenvalue weighted by Crippen LogP contribution is 2.36. The van der Waals surface area contributed by atoms with Gasteiger partial charge in [0.2, 0.25) is 0 Å². The van der Waals surface area contributed by atoms with Crippen molar-refractivity contribution in [1.82, 2.24) is 5.32 Å². The smallest absolute Gasteiger partial charge is 0.252 e. The number of benzene rings is 1. The first-order valence-electron chi connectivity index (χ1n) is 7.50. The molecule has 0 bridgehead atoms. The third-order valence-electron chi connectivity index (χ3n) is 3.93. The van der Waals surface area contributed by atoms with Gasteiger partial charge in [0.25, 0.3) is 5.91 Å². The number of nitrogens with one attached hydrogen (secondary N) is 1. The minimum absolute atomic E-state index is 0.0548. The second-order valence-corrected chi connectivity index (χ2v) is 5.67. The fourth-order valence-corrected chi connectivity index (χ4v) is 3.09. The molecule has 1 fully saturated rings. The molecule has 0 atom stereocenters. The minimum Gasteiger partial charge on any atom is -0.343 e. The molecule has 1 saturated carbocycles. The van der Waals surface area contributed by atoms with Crippen LogP contribution in [-0.2, 0) is 4.79 Å². The lowest BCUT2D eigenvalue weighted by Crippen LogP contribution is -2.43. The summed E-state index contributed by atoms with van der Waals surface area (Å²) in [7, 11) is 0. The van der Waals surface area contributed by atoms with Gasteiger partial charge in [-0.3, -0.25) is 4.79 Å². The van der Waals surface area contributed by atoms with E-state index in [0.29, 0.717) is 5.02 Å². The highest BCUT2D eigenvalue weighted by molar-refractivity contribution is 6.30. The Morgan fingerprint density at radius 2 is 1.65 bits per heavy atom. The Bertz CT molecular complexity index is 498. The molecule has 20 heavy (non-hydrogen) atoms. The zero-order valence-electron chi connectivity index (χ0n) is 12.2. The fraction of sp³-hybridized carbons (Fsp3) is 0.471. The SMILES string of the molecule is CC.O=C1NC2(C=C1c1ccc(Cl)cc1)CCCCC2. The van der Waals surface area contributed by atoms with Gasteiger partial charge in [0, 0.05) is 10.6 Å². The Morgan fingerprint density at radius 1 is 1.05 bits per heavy atom. The monoisotopic (exact) mass is 291 g/mol. The van der Waals surface area contributed by atoms with E-state index in [1.807, 2.05) is 38.1 Å². The van der Waals surface area contributed by atoms with E-state index in [4.69, 9.17) is 11.6 Å². The van der Waals surface area contributed by atoms with Crippen LogP contribution >= 0.6 is 11.6 Å². The number of carbonyl (C=O) groups is 1. The first kappa shape index (κ1) is 15.1. The lowest BCUT2D eigenvalue weighted by molar-refractivity contribution is -0.116. The maximum absolute atomic E-state index is 12.1. The maximum Gasteiger partial charge on any atom is 0.252 e. The number of hydrogen-bond donors (Lipinski definition) is 1. The van der Waals surface area contributed by atoms with E-state index in [9.17, 15) is 4.79 Å². The van der Waals surface area contributed by atoms with Crippen LogP contribution < -0.4 is 5.32 Å². The van der Waals surface area contributed by atoms with Crippen LogP contribution in [0.4, 0.5) is 0 Å². The molecular weight excluding hydrogens is 270 g/mol. The average molecular weight is 292 g/mol. The topological polar surface area (TPSA) is 29.1 Å². The number of carbonyl (C=O) groups excluding carboxylic acids is 1. The molecule has 1 N–H and O–H groups in total. The molecule has 0 unspecified atom stereocenters. The minimum atomic E-state index is -0.0791. The molecule has 0 saturated heterocycles. The first-order chi connectivity index (χ1) is 9.69. The van der Waals surface area contributed by atoms with E-state index >= 15 is 0 Å². The van der Waals surface area contributed by atoms with Gasteiger partial charge in [-0.2, -0.15) is 0 Å². The Hall–Kier alpha value is -1.28. The van der Waals surface area contributed by atoms with E-state index in [2.05, 4.69) is 11.4 Å². The molecule has 1 aliphatic carbocycles. The molecule has 1 aromatic rings. The van der Waals surface area contributed by atoms with Gasteiger partial charge >= 0.3 is 0 Å². The van der Waals surface area contributed by atoms with Crippen molar-refractivity contribution in [2.45, 2.75) is 51.5 Å². The van der Waals surface area contributed by atoms with Crippen LogP contribution in [0.1, 0.15) is 51.5 Å². The predicted octanol–water partition coefficient (Wildman–Crippen LogP) is 4.58. The molecule has 0 radical (unpaired) electrons. The van der Waals surface area contributed by atoms with Crippen LogP contribution in [0.25, 0.3) is 5.57 Å². The van der Waals surface area contributed by atoms with Crippen molar-refractivity contribution < 1.29 is 4.79 Å². The van der Waals surface area contributed by atoms with Crippen molar-refractivity contribution in [2.75, 3.05) is 0 Å². The Kier molecular flexibility index (Phi) is 4.87. The van der Waals surface area contributed by atoms with Gasteiger partial charge in [-0.05, 0) is 36.6 Å². The van der Waals surface area contributed by atoms with Gasteiger partial charge in [0.1, 0.15) is 0 Å². The van der Waals surface area contributed by atoms with Crippen molar-refractivity contribution in [3.05, 3.63) is 40.9 Å². The van der Waals surface area contributed by atoms with Crippen LogP contribution in [0.15, 0.2) is 30.3 Å². The van der Waals surface area contributed by atoms with Gasteiger partial charge in [-0.1, -0.05) is 56.8 Å². The van der Waals surface area contributed by atoms with E-state index in [1.165, 1.54) is 19.3 Å². The van der Waals surface area contributed by atoms with Crippen LogP contribution in [0, 0.1) is 0 Å². The maximum atomic E-state index is 12.1. The third kappa shape index (κ3) is 3.06. The zero-order valence-corrected chi connectivity index (χ0v) is 13.0. The van der Waals surface area contributed by atoms with Gasteiger partial charge in [-0.25, -0.2) is 0 Å².